The summed E-state index contributed by atoms with van der Waals surface area (Å²) in [4.78, 5) is 12.4. The maximum absolute atomic E-state index is 12.4. The molecule has 1 N–H and O–H groups in total. The van der Waals surface area contributed by atoms with Gasteiger partial charge in [-0.05, 0) is 66.9 Å². The Bertz CT molecular complexity index is 1290. The maximum atomic E-state index is 12.4. The van der Waals surface area contributed by atoms with Crippen molar-refractivity contribution in [3.05, 3.63) is 94.0 Å². The topological polar surface area (TPSA) is 88.1 Å². The van der Waals surface area contributed by atoms with E-state index in [1.165, 1.54) is 6.21 Å². The molecule has 0 aliphatic rings. The fraction of sp³-hybridized carbons (Fsp3) is 0.200. The molecular weight excluding hydrogens is 474 g/mol. The molecule has 0 atom stereocenters. The van der Waals surface area contributed by atoms with E-state index in [2.05, 4.69) is 10.5 Å². The molecule has 0 heterocycles. The van der Waals surface area contributed by atoms with Crippen LogP contribution in [0.15, 0.2) is 71.8 Å². The number of hydrazone groups is 1. The summed E-state index contributed by atoms with van der Waals surface area (Å²) in [6.07, 6.45) is 2.54. The number of sulfonamides is 1. The number of nitrogens with zero attached hydrogens (tertiary/aromatic N) is 2. The van der Waals surface area contributed by atoms with Crippen LogP contribution in [0, 0.1) is 13.8 Å². The van der Waals surface area contributed by atoms with Gasteiger partial charge in [-0.15, -0.1) is 0 Å². The fourth-order valence-corrected chi connectivity index (χ4v) is 4.24. The summed E-state index contributed by atoms with van der Waals surface area (Å²) in [7, 11) is -3.66. The molecule has 1 amide bonds. The zero-order valence-electron chi connectivity index (χ0n) is 19.2. The van der Waals surface area contributed by atoms with Gasteiger partial charge in [-0.25, -0.2) is 13.8 Å². The minimum atomic E-state index is -3.66. The Kier molecular flexibility index (Phi) is 8.31. The first-order valence-corrected chi connectivity index (χ1v) is 12.7. The number of nitrogens with one attached hydrogen (secondary N) is 1. The number of carbonyl (C=O) groups is 1. The third-order valence-electron chi connectivity index (χ3n) is 4.96. The number of amides is 1. The van der Waals surface area contributed by atoms with Gasteiger partial charge in [0.1, 0.15) is 18.9 Å². The summed E-state index contributed by atoms with van der Waals surface area (Å²) in [5.74, 6) is 0.112. The lowest BCUT2D eigenvalue weighted by atomic mass is 10.1. The van der Waals surface area contributed by atoms with E-state index in [9.17, 15) is 13.2 Å². The average molecular weight is 500 g/mol. The highest BCUT2D eigenvalue weighted by atomic mass is 35.5. The average Bonchev–Trinajstić information content (AvgIpc) is 2.79. The number of benzene rings is 3. The molecule has 9 heteroatoms. The van der Waals surface area contributed by atoms with Gasteiger partial charge in [0.15, 0.2) is 0 Å². The second-order valence-corrected chi connectivity index (χ2v) is 10.1. The number of rotatable bonds is 9. The second kappa shape index (κ2) is 11.2. The Labute approximate surface area is 205 Å². The Hall–Kier alpha value is -3.36. The van der Waals surface area contributed by atoms with Crippen LogP contribution in [0.1, 0.15) is 22.3 Å². The number of carbonyl (C=O) groups excluding carboxylic acids is 1. The van der Waals surface area contributed by atoms with Crippen molar-refractivity contribution < 1.29 is 17.9 Å². The number of anilines is 1. The van der Waals surface area contributed by atoms with Gasteiger partial charge in [-0.3, -0.25) is 9.10 Å². The van der Waals surface area contributed by atoms with E-state index in [-0.39, 0.29) is 6.54 Å². The molecule has 0 saturated carbocycles. The van der Waals surface area contributed by atoms with Crippen molar-refractivity contribution in [1.29, 1.82) is 0 Å². The van der Waals surface area contributed by atoms with Crippen LogP contribution < -0.4 is 14.5 Å². The predicted molar refractivity (Wildman–Crippen MR) is 136 cm³/mol. The molecule has 178 valence electrons. The van der Waals surface area contributed by atoms with Gasteiger partial charge in [0.25, 0.3) is 5.91 Å². The van der Waals surface area contributed by atoms with E-state index < -0.39 is 15.9 Å². The van der Waals surface area contributed by atoms with Gasteiger partial charge >= 0.3 is 0 Å². The zero-order chi connectivity index (χ0) is 24.7. The Morgan fingerprint density at radius 2 is 1.79 bits per heavy atom. The van der Waals surface area contributed by atoms with Gasteiger partial charge in [0.2, 0.25) is 10.0 Å². The van der Waals surface area contributed by atoms with E-state index in [4.69, 9.17) is 16.3 Å². The Balaban J connectivity index is 1.58. The van der Waals surface area contributed by atoms with Crippen molar-refractivity contribution in [2.75, 3.05) is 17.1 Å². The highest BCUT2D eigenvalue weighted by molar-refractivity contribution is 7.92. The molecule has 0 aromatic heterocycles. The normalized spacial score (nSPS) is 11.4. The van der Waals surface area contributed by atoms with Gasteiger partial charge in [-0.1, -0.05) is 41.9 Å². The Morgan fingerprint density at radius 1 is 1.09 bits per heavy atom. The molecule has 0 radical (unpaired) electrons. The largest absolute Gasteiger partial charge is 0.489 e. The molecule has 3 rings (SSSR count). The highest BCUT2D eigenvalue weighted by Gasteiger charge is 2.22. The van der Waals surface area contributed by atoms with Crippen LogP contribution in [-0.2, 0) is 21.4 Å². The lowest BCUT2D eigenvalue weighted by Crippen LogP contribution is -2.39. The molecule has 3 aromatic rings. The third kappa shape index (κ3) is 7.07. The van der Waals surface area contributed by atoms with Crippen molar-refractivity contribution in [1.82, 2.24) is 5.43 Å². The molecule has 0 spiro atoms. The van der Waals surface area contributed by atoms with Crippen LogP contribution >= 0.6 is 11.6 Å². The summed E-state index contributed by atoms with van der Waals surface area (Å²) >= 11 is 6.14. The summed E-state index contributed by atoms with van der Waals surface area (Å²) < 4.78 is 31.4. The van der Waals surface area contributed by atoms with Gasteiger partial charge in [0.05, 0.1) is 18.2 Å². The van der Waals surface area contributed by atoms with Crippen LogP contribution in [0.4, 0.5) is 5.69 Å². The van der Waals surface area contributed by atoms with Gasteiger partial charge < -0.3 is 4.74 Å². The van der Waals surface area contributed by atoms with Crippen LogP contribution in [-0.4, -0.2) is 33.3 Å². The minimum Gasteiger partial charge on any atom is -0.489 e. The van der Waals surface area contributed by atoms with E-state index in [1.54, 1.807) is 37.3 Å². The SMILES string of the molecule is Cc1ccc(C)c(N(CC(=O)N/N=C\c2ccc(OCc3ccccc3Cl)cc2)S(C)(=O)=O)c1. The Morgan fingerprint density at radius 3 is 2.47 bits per heavy atom. The van der Waals surface area contributed by atoms with Crippen molar-refractivity contribution in [3.63, 3.8) is 0 Å². The summed E-state index contributed by atoms with van der Waals surface area (Å²) in [5, 5.41) is 4.59. The summed E-state index contributed by atoms with van der Waals surface area (Å²) in [6.45, 7) is 3.63. The molecule has 0 saturated heterocycles. The monoisotopic (exact) mass is 499 g/mol. The molecule has 0 bridgehead atoms. The lowest BCUT2D eigenvalue weighted by molar-refractivity contribution is -0.119. The smallest absolute Gasteiger partial charge is 0.260 e. The minimum absolute atomic E-state index is 0.348. The van der Waals surface area contributed by atoms with Crippen molar-refractivity contribution >= 4 is 39.4 Å². The van der Waals surface area contributed by atoms with E-state index in [1.807, 2.05) is 43.3 Å². The number of aryl methyl sites for hydroxylation is 2. The summed E-state index contributed by atoms with van der Waals surface area (Å²) in [5.41, 5.74) is 6.13. The number of hydrogen-bond acceptors (Lipinski definition) is 5. The number of halogens is 1. The number of hydrogen-bond donors (Lipinski definition) is 1. The molecule has 34 heavy (non-hydrogen) atoms. The van der Waals surface area contributed by atoms with Crippen LogP contribution in [0.3, 0.4) is 0 Å². The zero-order valence-corrected chi connectivity index (χ0v) is 20.7. The first kappa shape index (κ1) is 25.3. The molecule has 3 aromatic carbocycles. The van der Waals surface area contributed by atoms with E-state index in [0.29, 0.717) is 23.1 Å². The third-order valence-corrected chi connectivity index (χ3v) is 6.45. The molecule has 0 fully saturated rings. The first-order chi connectivity index (χ1) is 16.1. The standard InChI is InChI=1S/C25H26ClN3O4S/c1-18-8-9-19(2)24(14-18)29(34(3,31)32)16-25(30)28-27-15-20-10-12-22(13-11-20)33-17-21-6-4-5-7-23(21)26/h4-15H,16-17H2,1-3H3,(H,28,30)/b27-15-. The van der Waals surface area contributed by atoms with E-state index >= 15 is 0 Å². The van der Waals surface area contributed by atoms with Crippen molar-refractivity contribution in [3.8, 4) is 5.75 Å². The van der Waals surface area contributed by atoms with Crippen LogP contribution in [0.2, 0.25) is 5.02 Å². The summed E-state index contributed by atoms with van der Waals surface area (Å²) in [6, 6.07) is 20.1. The quantitative estimate of drug-likeness (QED) is 0.348. The first-order valence-electron chi connectivity index (χ1n) is 10.5. The molecule has 0 aliphatic carbocycles. The van der Waals surface area contributed by atoms with E-state index in [0.717, 1.165) is 32.8 Å². The lowest BCUT2D eigenvalue weighted by Gasteiger charge is -2.23. The maximum Gasteiger partial charge on any atom is 0.260 e. The van der Waals surface area contributed by atoms with Gasteiger partial charge in [0, 0.05) is 10.6 Å². The predicted octanol–water partition coefficient (Wildman–Crippen LogP) is 4.45. The van der Waals surface area contributed by atoms with Crippen LogP contribution in [0.25, 0.3) is 0 Å². The highest BCUT2D eigenvalue weighted by Crippen LogP contribution is 2.23. The second-order valence-electron chi connectivity index (χ2n) is 7.80. The molecule has 0 unspecified atom stereocenters. The molecular formula is C25H26ClN3O4S. The van der Waals surface area contributed by atoms with Crippen LogP contribution in [0.5, 0.6) is 5.75 Å². The molecule has 0 aliphatic heterocycles. The van der Waals surface area contributed by atoms with Crippen molar-refractivity contribution in [2.45, 2.75) is 20.5 Å². The fourth-order valence-electron chi connectivity index (χ4n) is 3.14. The number of ether oxygens (including phenoxy) is 1. The van der Waals surface area contributed by atoms with Gasteiger partial charge in [-0.2, -0.15) is 5.10 Å². The molecule has 7 nitrogen and oxygen atoms in total. The van der Waals surface area contributed by atoms with Crippen molar-refractivity contribution in [2.24, 2.45) is 5.10 Å².